The molecule has 0 amide bonds. The molecule has 0 saturated carbocycles. The Kier molecular flexibility index (Phi) is 5.11. The number of rotatable bonds is 5. The Morgan fingerprint density at radius 3 is 2.67 bits per heavy atom. The van der Waals surface area contributed by atoms with Crippen molar-refractivity contribution in [1.29, 1.82) is 0 Å². The first-order valence-electron chi connectivity index (χ1n) is 4.63. The predicted octanol–water partition coefficient (Wildman–Crippen LogP) is 2.24. The first kappa shape index (κ1) is 14.5. The van der Waals surface area contributed by atoms with Crippen molar-refractivity contribution in [3.63, 3.8) is 0 Å². The molecule has 0 aliphatic carbocycles. The minimum atomic E-state index is -0.630. The van der Waals surface area contributed by atoms with Crippen LogP contribution in [0.15, 0.2) is 23.1 Å². The zero-order valence-electron chi connectivity index (χ0n) is 9.21. The van der Waals surface area contributed by atoms with Crippen LogP contribution in [0.1, 0.15) is 10.4 Å². The molecule has 0 saturated heterocycles. The van der Waals surface area contributed by atoms with Crippen LogP contribution in [0.25, 0.3) is 0 Å². The molecule has 0 aliphatic rings. The van der Waals surface area contributed by atoms with E-state index in [0.29, 0.717) is 0 Å². The van der Waals surface area contributed by atoms with Gasteiger partial charge in [-0.15, -0.1) is 11.8 Å². The predicted molar refractivity (Wildman–Crippen MR) is 66.0 cm³/mol. The van der Waals surface area contributed by atoms with Gasteiger partial charge in [0.1, 0.15) is 0 Å². The fourth-order valence-corrected chi connectivity index (χ4v) is 2.10. The van der Waals surface area contributed by atoms with E-state index in [1.165, 1.54) is 25.3 Å². The van der Waals surface area contributed by atoms with Gasteiger partial charge in [-0.1, -0.05) is 0 Å². The molecule has 0 bridgehead atoms. The van der Waals surface area contributed by atoms with Crippen LogP contribution in [0.5, 0.6) is 0 Å². The number of ether oxygens (including phenoxy) is 1. The third-order valence-electron chi connectivity index (χ3n) is 1.92. The standard InChI is InChI=1S/C10H8ClNO5S/c1-17-10(14)7-3-2-6(12(15)16)4-8(7)18-5-9(11)13/h2-4H,5H2,1H3. The second-order valence-corrected chi connectivity index (χ2v) is 4.51. The average Bonchev–Trinajstić information content (AvgIpc) is 2.34. The van der Waals surface area contributed by atoms with E-state index in [-0.39, 0.29) is 21.9 Å². The molecule has 0 radical (unpaired) electrons. The monoisotopic (exact) mass is 289 g/mol. The van der Waals surface area contributed by atoms with Gasteiger partial charge in [-0.05, 0) is 17.7 Å². The minimum Gasteiger partial charge on any atom is -0.465 e. The van der Waals surface area contributed by atoms with E-state index in [9.17, 15) is 19.7 Å². The van der Waals surface area contributed by atoms with Crippen molar-refractivity contribution in [3.05, 3.63) is 33.9 Å². The Labute approximate surface area is 111 Å². The maximum absolute atomic E-state index is 11.4. The van der Waals surface area contributed by atoms with E-state index in [1.54, 1.807) is 0 Å². The highest BCUT2D eigenvalue weighted by Gasteiger charge is 2.17. The third-order valence-corrected chi connectivity index (χ3v) is 3.27. The number of methoxy groups -OCH3 is 1. The molecule has 0 heterocycles. The lowest BCUT2D eigenvalue weighted by atomic mass is 10.2. The zero-order valence-corrected chi connectivity index (χ0v) is 10.8. The molecular weight excluding hydrogens is 282 g/mol. The topological polar surface area (TPSA) is 86.5 Å². The van der Waals surface area contributed by atoms with E-state index in [1.807, 2.05) is 0 Å². The second kappa shape index (κ2) is 6.36. The van der Waals surface area contributed by atoms with Gasteiger partial charge < -0.3 is 4.74 Å². The smallest absolute Gasteiger partial charge is 0.338 e. The van der Waals surface area contributed by atoms with Gasteiger partial charge in [-0.25, -0.2) is 4.79 Å². The molecule has 8 heteroatoms. The van der Waals surface area contributed by atoms with Crippen LogP contribution in [-0.2, 0) is 9.53 Å². The number of halogens is 1. The summed E-state index contributed by atoms with van der Waals surface area (Å²) < 4.78 is 4.54. The van der Waals surface area contributed by atoms with Gasteiger partial charge in [0, 0.05) is 17.0 Å². The summed E-state index contributed by atoms with van der Waals surface area (Å²) in [5.74, 6) is -0.721. The maximum atomic E-state index is 11.4. The molecule has 0 atom stereocenters. The number of hydrogen-bond acceptors (Lipinski definition) is 6. The molecule has 0 aliphatic heterocycles. The molecule has 0 N–H and O–H groups in total. The van der Waals surface area contributed by atoms with Crippen molar-refractivity contribution in [2.75, 3.05) is 12.9 Å². The summed E-state index contributed by atoms with van der Waals surface area (Å²) >= 11 is 6.13. The zero-order chi connectivity index (χ0) is 13.7. The molecule has 0 aromatic heterocycles. The number of thioether (sulfide) groups is 1. The third kappa shape index (κ3) is 3.71. The van der Waals surface area contributed by atoms with Gasteiger partial charge in [0.2, 0.25) is 5.24 Å². The molecule has 0 unspecified atom stereocenters. The van der Waals surface area contributed by atoms with Crippen molar-refractivity contribution in [2.45, 2.75) is 4.90 Å². The number of nitro groups is 1. The lowest BCUT2D eigenvalue weighted by molar-refractivity contribution is -0.385. The first-order valence-corrected chi connectivity index (χ1v) is 6.00. The van der Waals surface area contributed by atoms with E-state index in [4.69, 9.17) is 11.6 Å². The normalized spacial score (nSPS) is 9.89. The van der Waals surface area contributed by atoms with Crippen LogP contribution in [-0.4, -0.2) is 29.0 Å². The van der Waals surface area contributed by atoms with Crippen molar-refractivity contribution in [1.82, 2.24) is 0 Å². The summed E-state index contributed by atoms with van der Waals surface area (Å²) in [5.41, 5.74) is -0.0156. The van der Waals surface area contributed by atoms with Crippen LogP contribution >= 0.6 is 23.4 Å². The highest BCUT2D eigenvalue weighted by atomic mass is 35.5. The molecule has 0 spiro atoms. The first-order chi connectivity index (χ1) is 8.45. The van der Waals surface area contributed by atoms with Gasteiger partial charge in [0.15, 0.2) is 0 Å². The second-order valence-electron chi connectivity index (χ2n) is 3.07. The number of carbonyl (C=O) groups excluding carboxylic acids is 2. The Hall–Kier alpha value is -1.60. The Balaban J connectivity index is 3.13. The van der Waals surface area contributed by atoms with Gasteiger partial charge in [-0.3, -0.25) is 14.9 Å². The molecule has 1 aromatic rings. The number of non-ortho nitro benzene ring substituents is 1. The lowest BCUT2D eigenvalue weighted by Crippen LogP contribution is -2.04. The number of esters is 1. The SMILES string of the molecule is COC(=O)c1ccc([N+](=O)[O-])cc1SCC(=O)Cl. The number of carbonyl (C=O) groups is 2. The van der Waals surface area contributed by atoms with Crippen molar-refractivity contribution >= 4 is 40.3 Å². The highest BCUT2D eigenvalue weighted by molar-refractivity contribution is 8.00. The molecule has 0 fully saturated rings. The van der Waals surface area contributed by atoms with E-state index < -0.39 is 16.1 Å². The summed E-state index contributed by atoms with van der Waals surface area (Å²) in [7, 11) is 1.20. The number of nitrogens with zero attached hydrogens (tertiary/aromatic N) is 1. The van der Waals surface area contributed by atoms with Crippen molar-refractivity contribution in [3.8, 4) is 0 Å². The molecule has 6 nitrogen and oxygen atoms in total. The van der Waals surface area contributed by atoms with Gasteiger partial charge >= 0.3 is 5.97 Å². The van der Waals surface area contributed by atoms with Gasteiger partial charge in [0.05, 0.1) is 23.3 Å². The number of nitro benzene ring substituents is 1. The number of hydrogen-bond donors (Lipinski definition) is 0. The molecule has 1 aromatic carbocycles. The van der Waals surface area contributed by atoms with Gasteiger partial charge in [0.25, 0.3) is 5.69 Å². The summed E-state index contributed by atoms with van der Waals surface area (Å²) in [4.78, 5) is 32.4. The fraction of sp³-hybridized carbons (Fsp3) is 0.200. The quantitative estimate of drug-likeness (QED) is 0.272. The van der Waals surface area contributed by atoms with Crippen molar-refractivity contribution in [2.24, 2.45) is 0 Å². The van der Waals surface area contributed by atoms with Crippen LogP contribution in [0.3, 0.4) is 0 Å². The van der Waals surface area contributed by atoms with Crippen molar-refractivity contribution < 1.29 is 19.2 Å². The summed E-state index contributed by atoms with van der Waals surface area (Å²) in [6.45, 7) is 0. The number of benzene rings is 1. The molecular formula is C10H8ClNO5S. The Bertz CT molecular complexity index is 505. The average molecular weight is 290 g/mol. The van der Waals surface area contributed by atoms with Crippen LogP contribution in [0.4, 0.5) is 5.69 Å². The van der Waals surface area contributed by atoms with Crippen LogP contribution in [0, 0.1) is 10.1 Å². The van der Waals surface area contributed by atoms with E-state index in [0.717, 1.165) is 11.8 Å². The largest absolute Gasteiger partial charge is 0.465 e. The maximum Gasteiger partial charge on any atom is 0.338 e. The minimum absolute atomic E-state index is 0.0906. The molecule has 96 valence electrons. The molecule has 1 rings (SSSR count). The van der Waals surface area contributed by atoms with Gasteiger partial charge in [-0.2, -0.15) is 0 Å². The van der Waals surface area contributed by atoms with Crippen LogP contribution < -0.4 is 0 Å². The van der Waals surface area contributed by atoms with E-state index >= 15 is 0 Å². The Morgan fingerprint density at radius 2 is 2.17 bits per heavy atom. The summed E-state index contributed by atoms with van der Waals surface area (Å²) in [5, 5.41) is 10.0. The Morgan fingerprint density at radius 1 is 1.50 bits per heavy atom. The fourth-order valence-electron chi connectivity index (χ4n) is 1.16. The summed E-state index contributed by atoms with van der Waals surface area (Å²) in [6, 6.07) is 3.68. The van der Waals surface area contributed by atoms with E-state index in [2.05, 4.69) is 4.74 Å². The molecule has 18 heavy (non-hydrogen) atoms. The van der Waals surface area contributed by atoms with Crippen LogP contribution in [0.2, 0.25) is 0 Å². The summed E-state index contributed by atoms with van der Waals surface area (Å²) in [6.07, 6.45) is 0. The highest BCUT2D eigenvalue weighted by Crippen LogP contribution is 2.28. The lowest BCUT2D eigenvalue weighted by Gasteiger charge is -2.06.